The molecule has 1 saturated carbocycles. The van der Waals surface area contributed by atoms with Gasteiger partial charge in [0, 0.05) is 11.3 Å². The Morgan fingerprint density at radius 3 is 2.32 bits per heavy atom. The number of anilines is 1. The number of carboxylic acid groups (broad SMARTS) is 1. The lowest BCUT2D eigenvalue weighted by molar-refractivity contribution is -0.155. The molecular formula is C24H21N3O6S. The van der Waals surface area contributed by atoms with Gasteiger partial charge in [-0.1, -0.05) is 48.5 Å². The second-order valence-corrected chi connectivity index (χ2v) is 8.99. The van der Waals surface area contributed by atoms with Gasteiger partial charge >= 0.3 is 12.1 Å². The standard InChI is InChI=1S/C24H21N3O6S/c28-21(27-33-20(22(29)30)13-9-10-13)19-12-34-23(25-19)26-24(31)32-11-18-16-7-3-1-5-14(16)15-6-2-4-8-17(15)18/h1-8,12-13,18,20H,9-11H2,(H,27,28)(H,29,30)(H,25,26,31). The average Bonchev–Trinajstić information content (AvgIpc) is 3.47. The van der Waals surface area contributed by atoms with Crippen molar-refractivity contribution in [1.82, 2.24) is 10.5 Å². The van der Waals surface area contributed by atoms with Gasteiger partial charge < -0.3 is 9.84 Å². The summed E-state index contributed by atoms with van der Waals surface area (Å²) in [5, 5.41) is 13.3. The average molecular weight is 480 g/mol. The maximum Gasteiger partial charge on any atom is 0.413 e. The summed E-state index contributed by atoms with van der Waals surface area (Å²) in [5.41, 5.74) is 6.61. The minimum absolute atomic E-state index is 0.00103. The van der Waals surface area contributed by atoms with Crippen LogP contribution in [0.3, 0.4) is 0 Å². The smallest absolute Gasteiger partial charge is 0.413 e. The monoisotopic (exact) mass is 479 g/mol. The first kappa shape index (κ1) is 22.1. The molecule has 0 bridgehead atoms. The fraction of sp³-hybridized carbons (Fsp3) is 0.250. The Morgan fingerprint density at radius 2 is 1.71 bits per heavy atom. The first-order chi connectivity index (χ1) is 16.5. The summed E-state index contributed by atoms with van der Waals surface area (Å²) in [6, 6.07) is 16.1. The SMILES string of the molecule is O=C(Nc1nc(C(=O)NOC(C(=O)O)C2CC2)cs1)OCC1c2ccccc2-c2ccccc21. The number of aromatic nitrogens is 1. The number of nitrogens with one attached hydrogen (secondary N) is 2. The summed E-state index contributed by atoms with van der Waals surface area (Å²) in [7, 11) is 0. The van der Waals surface area contributed by atoms with E-state index in [-0.39, 0.29) is 29.3 Å². The number of thiazole rings is 1. The summed E-state index contributed by atoms with van der Waals surface area (Å²) in [5.74, 6) is -1.98. The van der Waals surface area contributed by atoms with Crippen molar-refractivity contribution in [2.75, 3.05) is 11.9 Å². The third-order valence-corrected chi connectivity index (χ3v) is 6.62. The van der Waals surface area contributed by atoms with Gasteiger partial charge in [0.25, 0.3) is 5.91 Å². The number of amides is 2. The summed E-state index contributed by atoms with van der Waals surface area (Å²) in [6.45, 7) is 0.157. The van der Waals surface area contributed by atoms with Crippen LogP contribution in [-0.4, -0.2) is 40.8 Å². The highest BCUT2D eigenvalue weighted by Crippen LogP contribution is 2.44. The molecule has 0 spiro atoms. The topological polar surface area (TPSA) is 127 Å². The number of nitrogens with zero attached hydrogens (tertiary/aromatic N) is 1. The Bertz CT molecular complexity index is 1210. The van der Waals surface area contributed by atoms with Crippen LogP contribution >= 0.6 is 11.3 Å². The van der Waals surface area contributed by atoms with E-state index in [0.717, 1.165) is 46.4 Å². The number of ether oxygens (including phenoxy) is 1. The van der Waals surface area contributed by atoms with Crippen LogP contribution in [0.4, 0.5) is 9.93 Å². The van der Waals surface area contributed by atoms with Crippen molar-refractivity contribution in [2.24, 2.45) is 5.92 Å². The van der Waals surface area contributed by atoms with Gasteiger partial charge in [-0.05, 0) is 41.0 Å². The summed E-state index contributed by atoms with van der Waals surface area (Å²) in [6.07, 6.45) is -0.268. The van der Waals surface area contributed by atoms with Gasteiger partial charge in [-0.3, -0.25) is 14.9 Å². The molecule has 10 heteroatoms. The van der Waals surface area contributed by atoms with Crippen molar-refractivity contribution in [3.63, 3.8) is 0 Å². The van der Waals surface area contributed by atoms with Crippen molar-refractivity contribution >= 4 is 34.4 Å². The van der Waals surface area contributed by atoms with Crippen molar-refractivity contribution < 1.29 is 29.1 Å². The van der Waals surface area contributed by atoms with E-state index in [4.69, 9.17) is 14.7 Å². The first-order valence-electron chi connectivity index (χ1n) is 10.8. The molecule has 1 atom stereocenters. The molecule has 0 radical (unpaired) electrons. The third kappa shape index (κ3) is 4.50. The zero-order valence-corrected chi connectivity index (χ0v) is 18.7. The third-order valence-electron chi connectivity index (χ3n) is 5.86. The fourth-order valence-corrected chi connectivity index (χ4v) is 4.75. The molecule has 2 aliphatic rings. The molecule has 1 unspecified atom stereocenters. The van der Waals surface area contributed by atoms with Gasteiger partial charge in [-0.25, -0.2) is 20.1 Å². The molecule has 2 aromatic carbocycles. The highest BCUT2D eigenvalue weighted by atomic mass is 32.1. The lowest BCUT2D eigenvalue weighted by Gasteiger charge is -2.14. The molecule has 3 aromatic rings. The number of hydrogen-bond donors (Lipinski definition) is 3. The molecule has 174 valence electrons. The van der Waals surface area contributed by atoms with E-state index in [2.05, 4.69) is 27.9 Å². The maximum absolute atomic E-state index is 12.4. The second kappa shape index (κ2) is 9.24. The van der Waals surface area contributed by atoms with Gasteiger partial charge in [-0.2, -0.15) is 0 Å². The lowest BCUT2D eigenvalue weighted by Crippen LogP contribution is -2.35. The number of benzene rings is 2. The lowest BCUT2D eigenvalue weighted by atomic mass is 9.98. The van der Waals surface area contributed by atoms with Crippen molar-refractivity contribution in [1.29, 1.82) is 0 Å². The Kier molecular flexibility index (Phi) is 5.99. The predicted octanol–water partition coefficient (Wildman–Crippen LogP) is 4.03. The van der Waals surface area contributed by atoms with Crippen LogP contribution in [0.5, 0.6) is 0 Å². The van der Waals surface area contributed by atoms with Crippen LogP contribution in [0, 0.1) is 5.92 Å². The van der Waals surface area contributed by atoms with E-state index in [0.29, 0.717) is 0 Å². The maximum atomic E-state index is 12.4. The molecule has 2 aliphatic carbocycles. The van der Waals surface area contributed by atoms with E-state index in [9.17, 15) is 14.4 Å². The molecule has 2 amide bonds. The van der Waals surface area contributed by atoms with Crippen LogP contribution in [0.15, 0.2) is 53.9 Å². The number of aliphatic carboxylic acids is 1. The van der Waals surface area contributed by atoms with Crippen LogP contribution in [0.1, 0.15) is 40.4 Å². The van der Waals surface area contributed by atoms with Crippen LogP contribution in [0.2, 0.25) is 0 Å². The molecule has 1 aromatic heterocycles. The largest absolute Gasteiger partial charge is 0.479 e. The minimum Gasteiger partial charge on any atom is -0.479 e. The quantitative estimate of drug-likeness (QED) is 0.416. The summed E-state index contributed by atoms with van der Waals surface area (Å²) >= 11 is 1.04. The van der Waals surface area contributed by atoms with Gasteiger partial charge in [-0.15, -0.1) is 11.3 Å². The molecule has 1 heterocycles. The number of rotatable bonds is 8. The minimum atomic E-state index is -1.13. The highest BCUT2D eigenvalue weighted by molar-refractivity contribution is 7.14. The van der Waals surface area contributed by atoms with E-state index in [1.165, 1.54) is 5.38 Å². The highest BCUT2D eigenvalue weighted by Gasteiger charge is 2.38. The van der Waals surface area contributed by atoms with E-state index < -0.39 is 24.1 Å². The van der Waals surface area contributed by atoms with Crippen molar-refractivity contribution in [3.8, 4) is 11.1 Å². The number of carbonyl (C=O) groups is 3. The summed E-state index contributed by atoms with van der Waals surface area (Å²) < 4.78 is 5.48. The Hall–Kier alpha value is -3.76. The number of carbonyl (C=O) groups excluding carboxylic acids is 2. The van der Waals surface area contributed by atoms with Crippen LogP contribution in [0.25, 0.3) is 11.1 Å². The number of hydroxylamine groups is 1. The number of carboxylic acids is 1. The zero-order valence-electron chi connectivity index (χ0n) is 17.9. The fourth-order valence-electron chi connectivity index (χ4n) is 4.07. The van der Waals surface area contributed by atoms with Gasteiger partial charge in [0.15, 0.2) is 11.2 Å². The molecule has 1 fully saturated rings. The molecule has 34 heavy (non-hydrogen) atoms. The van der Waals surface area contributed by atoms with Gasteiger partial charge in [0.2, 0.25) is 0 Å². The second-order valence-electron chi connectivity index (χ2n) is 8.13. The van der Waals surface area contributed by atoms with Crippen molar-refractivity contribution in [3.05, 3.63) is 70.7 Å². The normalized spacial score (nSPS) is 15.2. The Morgan fingerprint density at radius 1 is 1.06 bits per heavy atom. The Balaban J connectivity index is 1.16. The molecule has 3 N–H and O–H groups in total. The van der Waals surface area contributed by atoms with Crippen LogP contribution in [-0.2, 0) is 14.4 Å². The van der Waals surface area contributed by atoms with E-state index in [1.807, 2.05) is 36.4 Å². The van der Waals surface area contributed by atoms with Gasteiger partial charge in [0.05, 0.1) is 0 Å². The molecule has 9 nitrogen and oxygen atoms in total. The number of fused-ring (bicyclic) bond motifs is 3. The van der Waals surface area contributed by atoms with Crippen molar-refractivity contribution in [2.45, 2.75) is 24.9 Å². The predicted molar refractivity (Wildman–Crippen MR) is 124 cm³/mol. The molecule has 0 aliphatic heterocycles. The zero-order chi connectivity index (χ0) is 23.7. The van der Waals surface area contributed by atoms with E-state index in [1.54, 1.807) is 0 Å². The van der Waals surface area contributed by atoms with Crippen LogP contribution < -0.4 is 10.8 Å². The molecular weight excluding hydrogens is 458 g/mol. The van der Waals surface area contributed by atoms with Gasteiger partial charge in [0.1, 0.15) is 12.3 Å². The summed E-state index contributed by atoms with van der Waals surface area (Å²) in [4.78, 5) is 44.9. The Labute approximate surface area is 198 Å². The number of hydrogen-bond acceptors (Lipinski definition) is 7. The molecule has 0 saturated heterocycles. The molecule has 5 rings (SSSR count). The first-order valence-corrected chi connectivity index (χ1v) is 11.7. The van der Waals surface area contributed by atoms with E-state index >= 15 is 0 Å².